The van der Waals surface area contributed by atoms with Crippen molar-refractivity contribution in [1.82, 2.24) is 10.2 Å². The number of ether oxygens (including phenoxy) is 1. The van der Waals surface area contributed by atoms with Crippen LogP contribution in [0, 0.1) is 6.92 Å². The molecule has 0 aliphatic rings. The molecule has 5 heteroatoms. The Morgan fingerprint density at radius 1 is 0.892 bits per heavy atom. The van der Waals surface area contributed by atoms with Crippen LogP contribution in [0.4, 0.5) is 0 Å². The van der Waals surface area contributed by atoms with E-state index in [2.05, 4.69) is 26.1 Å². The van der Waals surface area contributed by atoms with Gasteiger partial charge in [-0.1, -0.05) is 99.5 Å². The van der Waals surface area contributed by atoms with E-state index >= 15 is 0 Å². The number of nitrogens with zero attached hydrogens (tertiary/aromatic N) is 1. The maximum Gasteiger partial charge on any atom is 0.261 e. The highest BCUT2D eigenvalue weighted by Crippen LogP contribution is 2.20. The number of hydrogen-bond donors (Lipinski definition) is 1. The number of hydrogen-bond acceptors (Lipinski definition) is 3. The third-order valence-corrected chi connectivity index (χ3v) is 6.48. The number of benzene rings is 3. The van der Waals surface area contributed by atoms with Crippen molar-refractivity contribution >= 4 is 11.8 Å². The number of carbonyl (C=O) groups excluding carboxylic acids is 2. The molecule has 0 unspecified atom stereocenters. The van der Waals surface area contributed by atoms with Crippen molar-refractivity contribution in [2.45, 2.75) is 65.5 Å². The van der Waals surface area contributed by atoms with Crippen molar-refractivity contribution in [3.05, 3.63) is 101 Å². The molecule has 0 bridgehead atoms. The van der Waals surface area contributed by atoms with Crippen molar-refractivity contribution in [2.75, 3.05) is 13.2 Å². The van der Waals surface area contributed by atoms with Crippen molar-refractivity contribution in [3.8, 4) is 5.75 Å². The van der Waals surface area contributed by atoms with Crippen molar-refractivity contribution in [2.24, 2.45) is 0 Å². The molecular formula is C32H40N2O3. The molecule has 1 N–H and O–H groups in total. The van der Waals surface area contributed by atoms with E-state index in [0.29, 0.717) is 31.2 Å². The SMILES string of the molecule is CCCCNC(=O)[C@@H](Cc1ccccc1)N(Cc1ccc(C)cc1)C(=O)COc1ccc(C(C)C)cc1. The molecule has 0 radical (unpaired) electrons. The quantitative estimate of drug-likeness (QED) is 0.291. The summed E-state index contributed by atoms with van der Waals surface area (Å²) >= 11 is 0. The van der Waals surface area contributed by atoms with Gasteiger partial charge in [0.1, 0.15) is 11.8 Å². The number of unbranched alkanes of at least 4 members (excludes halogenated alkanes) is 1. The van der Waals surface area contributed by atoms with Gasteiger partial charge in [-0.2, -0.15) is 0 Å². The number of amides is 2. The molecular weight excluding hydrogens is 460 g/mol. The van der Waals surface area contributed by atoms with E-state index in [0.717, 1.165) is 29.5 Å². The summed E-state index contributed by atoms with van der Waals surface area (Å²) in [5.41, 5.74) is 4.34. The molecule has 5 nitrogen and oxygen atoms in total. The summed E-state index contributed by atoms with van der Waals surface area (Å²) in [6.45, 7) is 9.18. The highest BCUT2D eigenvalue weighted by Gasteiger charge is 2.30. The second-order valence-electron chi connectivity index (χ2n) is 9.87. The molecule has 3 rings (SSSR count). The summed E-state index contributed by atoms with van der Waals surface area (Å²) in [5, 5.41) is 3.05. The van der Waals surface area contributed by atoms with E-state index < -0.39 is 6.04 Å². The molecule has 0 aliphatic carbocycles. The van der Waals surface area contributed by atoms with Gasteiger partial charge in [0.25, 0.3) is 5.91 Å². The summed E-state index contributed by atoms with van der Waals surface area (Å²) in [4.78, 5) is 28.8. The lowest BCUT2D eigenvalue weighted by Gasteiger charge is -2.31. The fourth-order valence-electron chi connectivity index (χ4n) is 4.13. The zero-order chi connectivity index (χ0) is 26.6. The summed E-state index contributed by atoms with van der Waals surface area (Å²) < 4.78 is 5.90. The molecule has 196 valence electrons. The molecule has 0 saturated carbocycles. The van der Waals surface area contributed by atoms with Crippen LogP contribution < -0.4 is 10.1 Å². The van der Waals surface area contributed by atoms with Crippen LogP contribution >= 0.6 is 0 Å². The molecule has 0 saturated heterocycles. The molecule has 3 aromatic carbocycles. The van der Waals surface area contributed by atoms with Crippen LogP contribution in [-0.4, -0.2) is 35.9 Å². The first-order chi connectivity index (χ1) is 17.9. The van der Waals surface area contributed by atoms with Gasteiger partial charge in [0.2, 0.25) is 5.91 Å². The van der Waals surface area contributed by atoms with Gasteiger partial charge in [0, 0.05) is 19.5 Å². The summed E-state index contributed by atoms with van der Waals surface area (Å²) in [5.74, 6) is 0.699. The Labute approximate surface area is 221 Å². The molecule has 3 aromatic rings. The molecule has 0 aromatic heterocycles. The monoisotopic (exact) mass is 500 g/mol. The van der Waals surface area contributed by atoms with Gasteiger partial charge in [0.05, 0.1) is 0 Å². The minimum absolute atomic E-state index is 0.138. The first kappa shape index (κ1) is 28.0. The molecule has 0 heterocycles. The minimum atomic E-state index is -0.653. The fraction of sp³-hybridized carbons (Fsp3) is 0.375. The van der Waals surface area contributed by atoms with E-state index in [1.165, 1.54) is 5.56 Å². The van der Waals surface area contributed by atoms with Crippen LogP contribution in [0.1, 0.15) is 61.8 Å². The molecule has 2 amide bonds. The fourth-order valence-corrected chi connectivity index (χ4v) is 4.13. The van der Waals surface area contributed by atoms with Crippen LogP contribution in [0.3, 0.4) is 0 Å². The number of nitrogens with one attached hydrogen (secondary N) is 1. The van der Waals surface area contributed by atoms with Gasteiger partial charge in [-0.05, 0) is 48.1 Å². The first-order valence-corrected chi connectivity index (χ1v) is 13.3. The van der Waals surface area contributed by atoms with E-state index in [4.69, 9.17) is 4.74 Å². The Bertz CT molecular complexity index is 1110. The molecule has 0 fully saturated rings. The Hall–Kier alpha value is -3.60. The van der Waals surface area contributed by atoms with Crippen molar-refractivity contribution in [3.63, 3.8) is 0 Å². The zero-order valence-corrected chi connectivity index (χ0v) is 22.6. The van der Waals surface area contributed by atoms with Crippen LogP contribution in [-0.2, 0) is 22.6 Å². The maximum atomic E-state index is 13.7. The predicted octanol–water partition coefficient (Wildman–Crippen LogP) is 6.05. The maximum absolute atomic E-state index is 13.7. The van der Waals surface area contributed by atoms with Gasteiger partial charge in [-0.15, -0.1) is 0 Å². The highest BCUT2D eigenvalue weighted by molar-refractivity contribution is 5.88. The number of aryl methyl sites for hydroxylation is 1. The van der Waals surface area contributed by atoms with Crippen molar-refractivity contribution < 1.29 is 14.3 Å². The topological polar surface area (TPSA) is 58.6 Å². The summed E-state index contributed by atoms with van der Waals surface area (Å²) in [6.07, 6.45) is 2.31. The smallest absolute Gasteiger partial charge is 0.261 e. The van der Waals surface area contributed by atoms with Gasteiger partial charge < -0.3 is 15.0 Å². The first-order valence-electron chi connectivity index (χ1n) is 13.3. The molecule has 0 aliphatic heterocycles. The lowest BCUT2D eigenvalue weighted by molar-refractivity contribution is -0.142. The summed E-state index contributed by atoms with van der Waals surface area (Å²) in [6, 6.07) is 25.1. The second kappa shape index (κ2) is 14.2. The number of rotatable bonds is 13. The van der Waals surface area contributed by atoms with Crippen LogP contribution in [0.15, 0.2) is 78.9 Å². The summed E-state index contributed by atoms with van der Waals surface area (Å²) in [7, 11) is 0. The molecule has 37 heavy (non-hydrogen) atoms. The standard InChI is InChI=1S/C32H40N2O3/c1-5-6-20-33-32(36)30(21-26-10-8-7-9-11-26)34(22-27-14-12-25(4)13-15-27)31(35)23-37-29-18-16-28(17-19-29)24(2)3/h7-19,24,30H,5-6,20-23H2,1-4H3,(H,33,36)/t30-/m1/s1. The lowest BCUT2D eigenvalue weighted by atomic mass is 10.0. The van der Waals surface area contributed by atoms with Gasteiger partial charge >= 0.3 is 0 Å². The normalized spacial score (nSPS) is 11.7. The van der Waals surface area contributed by atoms with E-state index in [9.17, 15) is 9.59 Å². The van der Waals surface area contributed by atoms with Gasteiger partial charge in [-0.25, -0.2) is 0 Å². The zero-order valence-electron chi connectivity index (χ0n) is 22.6. The largest absolute Gasteiger partial charge is 0.484 e. The lowest BCUT2D eigenvalue weighted by Crippen LogP contribution is -2.51. The molecule has 0 spiro atoms. The minimum Gasteiger partial charge on any atom is -0.484 e. The van der Waals surface area contributed by atoms with Crippen molar-refractivity contribution in [1.29, 1.82) is 0 Å². The van der Waals surface area contributed by atoms with Crippen LogP contribution in [0.25, 0.3) is 0 Å². The van der Waals surface area contributed by atoms with E-state index in [-0.39, 0.29) is 18.4 Å². The van der Waals surface area contributed by atoms with E-state index in [1.54, 1.807) is 4.90 Å². The Morgan fingerprint density at radius 3 is 2.19 bits per heavy atom. The Kier molecular flexibility index (Phi) is 10.8. The third kappa shape index (κ3) is 8.78. The second-order valence-corrected chi connectivity index (χ2v) is 9.87. The Balaban J connectivity index is 1.85. The van der Waals surface area contributed by atoms with Gasteiger partial charge in [0.15, 0.2) is 6.61 Å². The van der Waals surface area contributed by atoms with Crippen LogP contribution in [0.2, 0.25) is 0 Å². The van der Waals surface area contributed by atoms with Gasteiger partial charge in [-0.3, -0.25) is 9.59 Å². The van der Waals surface area contributed by atoms with E-state index in [1.807, 2.05) is 85.8 Å². The van der Waals surface area contributed by atoms with Crippen LogP contribution in [0.5, 0.6) is 5.75 Å². The third-order valence-electron chi connectivity index (χ3n) is 6.48. The number of carbonyl (C=O) groups is 2. The average Bonchev–Trinajstić information content (AvgIpc) is 2.91. The predicted molar refractivity (Wildman–Crippen MR) is 150 cm³/mol. The molecule has 1 atom stereocenters. The highest BCUT2D eigenvalue weighted by atomic mass is 16.5. The average molecular weight is 501 g/mol. The Morgan fingerprint density at radius 2 is 1.57 bits per heavy atom.